The number of amides is 1. The zero-order valence-corrected chi connectivity index (χ0v) is 12.0. The zero-order valence-electron chi connectivity index (χ0n) is 11.1. The van der Waals surface area contributed by atoms with E-state index in [-0.39, 0.29) is 18.4 Å². The lowest BCUT2D eigenvalue weighted by Gasteiger charge is -2.13. The van der Waals surface area contributed by atoms with Crippen molar-refractivity contribution in [3.05, 3.63) is 29.8 Å². The van der Waals surface area contributed by atoms with Crippen LogP contribution < -0.4 is 5.32 Å². The van der Waals surface area contributed by atoms with E-state index in [2.05, 4.69) is 19.2 Å². The Morgan fingerprint density at radius 2 is 2.00 bits per heavy atom. The van der Waals surface area contributed by atoms with Crippen LogP contribution in [-0.4, -0.2) is 29.4 Å². The summed E-state index contributed by atoms with van der Waals surface area (Å²) in [7, 11) is 0. The van der Waals surface area contributed by atoms with Crippen LogP contribution in [0.4, 0.5) is 0 Å². The molecule has 1 aromatic rings. The van der Waals surface area contributed by atoms with E-state index >= 15 is 0 Å². The van der Waals surface area contributed by atoms with Gasteiger partial charge in [0.15, 0.2) is 0 Å². The first kappa shape index (κ1) is 15.1. The van der Waals surface area contributed by atoms with Gasteiger partial charge in [0.1, 0.15) is 0 Å². The molecule has 0 spiro atoms. The number of aliphatic hydroxyl groups excluding tert-OH is 1. The number of aliphatic hydroxyl groups is 1. The molecule has 0 aliphatic rings. The van der Waals surface area contributed by atoms with Gasteiger partial charge >= 0.3 is 0 Å². The van der Waals surface area contributed by atoms with Gasteiger partial charge in [0.2, 0.25) is 0 Å². The summed E-state index contributed by atoms with van der Waals surface area (Å²) in [5.41, 5.74) is 0.710. The minimum Gasteiger partial charge on any atom is -0.396 e. The molecule has 1 unspecified atom stereocenters. The van der Waals surface area contributed by atoms with Gasteiger partial charge in [-0.15, -0.1) is 11.8 Å². The standard InChI is InChI=1S/C14H21NO2S/c1-10(2)18-13-7-5-4-6-12(13)14(17)15-8-11(3)9-16/h4-7,10-11,16H,8-9H2,1-3H3,(H,15,17). The van der Waals surface area contributed by atoms with E-state index < -0.39 is 0 Å². The third-order valence-corrected chi connectivity index (χ3v) is 3.50. The van der Waals surface area contributed by atoms with E-state index in [1.807, 2.05) is 31.2 Å². The molecular weight excluding hydrogens is 246 g/mol. The van der Waals surface area contributed by atoms with Gasteiger partial charge in [0.25, 0.3) is 5.91 Å². The van der Waals surface area contributed by atoms with Crippen molar-refractivity contribution in [2.45, 2.75) is 30.9 Å². The van der Waals surface area contributed by atoms with Crippen LogP contribution >= 0.6 is 11.8 Å². The fourth-order valence-corrected chi connectivity index (χ4v) is 2.39. The lowest BCUT2D eigenvalue weighted by molar-refractivity contribution is 0.0939. The van der Waals surface area contributed by atoms with Crippen molar-refractivity contribution in [1.82, 2.24) is 5.32 Å². The van der Waals surface area contributed by atoms with Gasteiger partial charge < -0.3 is 10.4 Å². The molecule has 0 saturated heterocycles. The molecule has 1 amide bonds. The van der Waals surface area contributed by atoms with Crippen LogP contribution in [0.5, 0.6) is 0 Å². The molecule has 100 valence electrons. The summed E-state index contributed by atoms with van der Waals surface area (Å²) < 4.78 is 0. The average Bonchev–Trinajstić information content (AvgIpc) is 2.35. The molecule has 0 aliphatic carbocycles. The fraction of sp³-hybridized carbons (Fsp3) is 0.500. The van der Waals surface area contributed by atoms with Crippen molar-refractivity contribution in [3.63, 3.8) is 0 Å². The summed E-state index contributed by atoms with van der Waals surface area (Å²) in [6.45, 7) is 6.69. The van der Waals surface area contributed by atoms with Gasteiger partial charge in [0, 0.05) is 23.3 Å². The van der Waals surface area contributed by atoms with Crippen LogP contribution in [0.25, 0.3) is 0 Å². The van der Waals surface area contributed by atoms with Crippen LogP contribution in [-0.2, 0) is 0 Å². The molecule has 1 rings (SSSR count). The molecule has 0 bridgehead atoms. The molecule has 1 atom stereocenters. The first-order valence-corrected chi connectivity index (χ1v) is 7.07. The van der Waals surface area contributed by atoms with Crippen molar-refractivity contribution >= 4 is 17.7 Å². The molecule has 1 aromatic carbocycles. The monoisotopic (exact) mass is 267 g/mol. The molecule has 4 heteroatoms. The highest BCUT2D eigenvalue weighted by molar-refractivity contribution is 8.00. The lowest BCUT2D eigenvalue weighted by Crippen LogP contribution is -2.29. The summed E-state index contributed by atoms with van der Waals surface area (Å²) in [6, 6.07) is 7.62. The van der Waals surface area contributed by atoms with E-state index in [0.717, 1.165) is 4.90 Å². The zero-order chi connectivity index (χ0) is 13.5. The molecule has 0 aromatic heterocycles. The molecule has 0 radical (unpaired) electrons. The highest BCUT2D eigenvalue weighted by Gasteiger charge is 2.12. The molecular formula is C14H21NO2S. The van der Waals surface area contributed by atoms with Gasteiger partial charge in [-0.3, -0.25) is 4.79 Å². The lowest BCUT2D eigenvalue weighted by atomic mass is 10.1. The van der Waals surface area contributed by atoms with Crippen LogP contribution in [0.2, 0.25) is 0 Å². The maximum absolute atomic E-state index is 12.1. The van der Waals surface area contributed by atoms with Crippen molar-refractivity contribution in [1.29, 1.82) is 0 Å². The van der Waals surface area contributed by atoms with Crippen molar-refractivity contribution in [2.75, 3.05) is 13.2 Å². The summed E-state index contributed by atoms with van der Waals surface area (Å²) in [4.78, 5) is 13.1. The van der Waals surface area contributed by atoms with Gasteiger partial charge in [0.05, 0.1) is 5.56 Å². The second-order valence-electron chi connectivity index (χ2n) is 4.66. The number of thioether (sulfide) groups is 1. The second kappa shape index (κ2) is 7.44. The molecule has 0 aliphatic heterocycles. The van der Waals surface area contributed by atoms with E-state index in [4.69, 9.17) is 5.11 Å². The quantitative estimate of drug-likeness (QED) is 0.779. The number of hydrogen-bond acceptors (Lipinski definition) is 3. The Bertz CT molecular complexity index is 393. The van der Waals surface area contributed by atoms with Crippen LogP contribution in [0.1, 0.15) is 31.1 Å². The summed E-state index contributed by atoms with van der Waals surface area (Å²) >= 11 is 1.68. The maximum atomic E-state index is 12.1. The SMILES string of the molecule is CC(CO)CNC(=O)c1ccccc1SC(C)C. The molecule has 18 heavy (non-hydrogen) atoms. The molecule has 3 nitrogen and oxygen atoms in total. The number of benzene rings is 1. The van der Waals surface area contributed by atoms with Crippen LogP contribution in [0.3, 0.4) is 0 Å². The predicted molar refractivity (Wildman–Crippen MR) is 76.0 cm³/mol. The van der Waals surface area contributed by atoms with Gasteiger partial charge in [-0.1, -0.05) is 32.9 Å². The fourth-order valence-electron chi connectivity index (χ4n) is 1.44. The molecule has 0 saturated carbocycles. The Morgan fingerprint density at radius 3 is 2.61 bits per heavy atom. The normalized spacial score (nSPS) is 12.5. The largest absolute Gasteiger partial charge is 0.396 e. The average molecular weight is 267 g/mol. The van der Waals surface area contributed by atoms with Gasteiger partial charge in [-0.2, -0.15) is 0 Å². The predicted octanol–water partition coefficient (Wildman–Crippen LogP) is 2.55. The highest BCUT2D eigenvalue weighted by Crippen LogP contribution is 2.26. The molecule has 0 heterocycles. The third kappa shape index (κ3) is 4.70. The number of carbonyl (C=O) groups excluding carboxylic acids is 1. The Hall–Kier alpha value is -1.00. The topological polar surface area (TPSA) is 49.3 Å². The second-order valence-corrected chi connectivity index (χ2v) is 6.28. The minimum absolute atomic E-state index is 0.0703. The van der Waals surface area contributed by atoms with Crippen molar-refractivity contribution < 1.29 is 9.90 Å². The van der Waals surface area contributed by atoms with E-state index in [0.29, 0.717) is 17.4 Å². The third-order valence-electron chi connectivity index (χ3n) is 2.42. The van der Waals surface area contributed by atoms with E-state index in [9.17, 15) is 4.79 Å². The highest BCUT2D eigenvalue weighted by atomic mass is 32.2. The smallest absolute Gasteiger partial charge is 0.252 e. The summed E-state index contributed by atoms with van der Waals surface area (Å²) in [5, 5.41) is 12.2. The molecule has 2 N–H and O–H groups in total. The Balaban J connectivity index is 2.72. The maximum Gasteiger partial charge on any atom is 0.252 e. The van der Waals surface area contributed by atoms with Crippen LogP contribution in [0, 0.1) is 5.92 Å². The number of hydrogen-bond donors (Lipinski definition) is 2. The number of rotatable bonds is 6. The number of carbonyl (C=O) groups is 1. The van der Waals surface area contributed by atoms with Gasteiger partial charge in [-0.25, -0.2) is 0 Å². The Morgan fingerprint density at radius 1 is 1.33 bits per heavy atom. The number of nitrogens with one attached hydrogen (secondary N) is 1. The van der Waals surface area contributed by atoms with E-state index in [1.54, 1.807) is 11.8 Å². The Labute approximate surface area is 113 Å². The summed E-state index contributed by atoms with van der Waals surface area (Å²) in [6.07, 6.45) is 0. The first-order valence-electron chi connectivity index (χ1n) is 6.19. The van der Waals surface area contributed by atoms with Crippen molar-refractivity contribution in [3.8, 4) is 0 Å². The van der Waals surface area contributed by atoms with Gasteiger partial charge in [-0.05, 0) is 18.1 Å². The van der Waals surface area contributed by atoms with Crippen molar-refractivity contribution in [2.24, 2.45) is 5.92 Å². The van der Waals surface area contributed by atoms with Crippen LogP contribution in [0.15, 0.2) is 29.2 Å². The van der Waals surface area contributed by atoms with E-state index in [1.165, 1.54) is 0 Å². The Kier molecular flexibility index (Phi) is 6.22. The summed E-state index contributed by atoms with van der Waals surface area (Å²) in [5.74, 6) is 0.0120. The molecule has 0 fully saturated rings. The minimum atomic E-state index is -0.0703. The first-order chi connectivity index (χ1) is 8.54.